The van der Waals surface area contributed by atoms with Crippen molar-refractivity contribution in [1.29, 1.82) is 0 Å². The predicted octanol–water partition coefficient (Wildman–Crippen LogP) is 5.45. The molecule has 102 valence electrons. The molecule has 0 bridgehead atoms. The van der Waals surface area contributed by atoms with Crippen LogP contribution in [0.15, 0.2) is 40.9 Å². The summed E-state index contributed by atoms with van der Waals surface area (Å²) >= 11 is 11.1. The second kappa shape index (κ2) is 7.44. The molecule has 1 atom stereocenters. The lowest BCUT2D eigenvalue weighted by Crippen LogP contribution is -2.23. The average Bonchev–Trinajstić information content (AvgIpc) is 2.80. The van der Waals surface area contributed by atoms with Crippen molar-refractivity contribution in [3.05, 3.63) is 55.6 Å². The van der Waals surface area contributed by atoms with Crippen molar-refractivity contribution in [3.63, 3.8) is 0 Å². The van der Waals surface area contributed by atoms with Gasteiger partial charge in [0.05, 0.1) is 4.34 Å². The highest BCUT2D eigenvalue weighted by atomic mass is 79.9. The number of nitrogens with one attached hydrogen (secondary N) is 1. The van der Waals surface area contributed by atoms with Crippen LogP contribution in [-0.2, 0) is 6.42 Å². The molecular formula is C15H17BrClNS. The fourth-order valence-electron chi connectivity index (χ4n) is 2.08. The van der Waals surface area contributed by atoms with Gasteiger partial charge >= 0.3 is 0 Å². The Bertz CT molecular complexity index is 526. The second-order valence-electron chi connectivity index (χ2n) is 4.43. The van der Waals surface area contributed by atoms with Gasteiger partial charge in [0.2, 0.25) is 0 Å². The topological polar surface area (TPSA) is 12.0 Å². The van der Waals surface area contributed by atoms with E-state index in [9.17, 15) is 0 Å². The van der Waals surface area contributed by atoms with Gasteiger partial charge in [-0.1, -0.05) is 46.6 Å². The molecule has 1 N–H and O–H groups in total. The molecule has 0 saturated heterocycles. The van der Waals surface area contributed by atoms with E-state index in [1.54, 1.807) is 11.3 Å². The molecule has 0 aliphatic heterocycles. The van der Waals surface area contributed by atoms with Gasteiger partial charge in [0, 0.05) is 21.9 Å². The Balaban J connectivity index is 1.89. The summed E-state index contributed by atoms with van der Waals surface area (Å²) in [4.78, 5) is 1.33. The Morgan fingerprint density at radius 3 is 2.79 bits per heavy atom. The summed E-state index contributed by atoms with van der Waals surface area (Å²) in [5, 5.41) is 3.61. The Morgan fingerprint density at radius 2 is 2.16 bits per heavy atom. The highest BCUT2D eigenvalue weighted by Gasteiger charge is 2.08. The van der Waals surface area contributed by atoms with Crippen molar-refractivity contribution >= 4 is 38.9 Å². The van der Waals surface area contributed by atoms with E-state index in [2.05, 4.69) is 58.5 Å². The van der Waals surface area contributed by atoms with Gasteiger partial charge in [-0.05, 0) is 42.7 Å². The van der Waals surface area contributed by atoms with E-state index >= 15 is 0 Å². The third-order valence-electron chi connectivity index (χ3n) is 3.05. The maximum Gasteiger partial charge on any atom is 0.0931 e. The molecule has 2 rings (SSSR count). The molecule has 1 heterocycles. The first kappa shape index (κ1) is 15.0. The summed E-state index contributed by atoms with van der Waals surface area (Å²) in [5.41, 5.74) is 1.33. The van der Waals surface area contributed by atoms with Crippen LogP contribution in [0, 0.1) is 0 Å². The zero-order chi connectivity index (χ0) is 13.7. The van der Waals surface area contributed by atoms with Crippen molar-refractivity contribution in [1.82, 2.24) is 5.32 Å². The number of thiophene rings is 1. The summed E-state index contributed by atoms with van der Waals surface area (Å²) < 4.78 is 2.00. The molecule has 1 unspecified atom stereocenters. The SMILES string of the molecule is CCC(NCCc1ccc(Cl)s1)c1cccc(Br)c1. The lowest BCUT2D eigenvalue weighted by Gasteiger charge is -2.17. The van der Waals surface area contributed by atoms with Gasteiger partial charge in [0.25, 0.3) is 0 Å². The molecule has 19 heavy (non-hydrogen) atoms. The predicted molar refractivity (Wildman–Crippen MR) is 88.2 cm³/mol. The monoisotopic (exact) mass is 357 g/mol. The summed E-state index contributed by atoms with van der Waals surface area (Å²) in [6, 6.07) is 13.0. The smallest absolute Gasteiger partial charge is 0.0931 e. The zero-order valence-electron chi connectivity index (χ0n) is 10.8. The molecule has 0 fully saturated rings. The fourth-order valence-corrected chi connectivity index (χ4v) is 3.58. The van der Waals surface area contributed by atoms with E-state index in [1.807, 2.05) is 6.07 Å². The first-order chi connectivity index (χ1) is 9.19. The van der Waals surface area contributed by atoms with E-state index in [0.717, 1.165) is 28.2 Å². The van der Waals surface area contributed by atoms with Crippen LogP contribution >= 0.6 is 38.9 Å². The maximum atomic E-state index is 5.94. The summed E-state index contributed by atoms with van der Waals surface area (Å²) in [5.74, 6) is 0. The third-order valence-corrected chi connectivity index (χ3v) is 4.83. The van der Waals surface area contributed by atoms with Crippen molar-refractivity contribution in [2.24, 2.45) is 0 Å². The van der Waals surface area contributed by atoms with E-state index < -0.39 is 0 Å². The molecule has 0 radical (unpaired) electrons. The molecular weight excluding hydrogens is 342 g/mol. The minimum atomic E-state index is 0.410. The Kier molecular flexibility index (Phi) is 5.89. The number of hydrogen-bond acceptors (Lipinski definition) is 2. The van der Waals surface area contributed by atoms with Crippen molar-refractivity contribution in [2.45, 2.75) is 25.8 Å². The molecule has 0 aliphatic rings. The van der Waals surface area contributed by atoms with Crippen LogP contribution in [0.5, 0.6) is 0 Å². The Hall–Kier alpha value is -0.350. The van der Waals surface area contributed by atoms with Gasteiger partial charge in [-0.25, -0.2) is 0 Å². The molecule has 2 aromatic rings. The molecule has 0 amide bonds. The molecule has 1 nitrogen and oxygen atoms in total. The molecule has 1 aromatic carbocycles. The van der Waals surface area contributed by atoms with Gasteiger partial charge in [-0.15, -0.1) is 11.3 Å². The lowest BCUT2D eigenvalue weighted by molar-refractivity contribution is 0.523. The summed E-state index contributed by atoms with van der Waals surface area (Å²) in [6.07, 6.45) is 2.11. The van der Waals surface area contributed by atoms with Crippen LogP contribution in [0.2, 0.25) is 4.34 Å². The molecule has 0 aliphatic carbocycles. The number of rotatable bonds is 6. The van der Waals surface area contributed by atoms with Crippen LogP contribution in [0.3, 0.4) is 0 Å². The molecule has 4 heteroatoms. The minimum absolute atomic E-state index is 0.410. The normalized spacial score (nSPS) is 12.6. The number of hydrogen-bond donors (Lipinski definition) is 1. The van der Waals surface area contributed by atoms with Crippen LogP contribution in [0.4, 0.5) is 0 Å². The van der Waals surface area contributed by atoms with Gasteiger partial charge in [0.15, 0.2) is 0 Å². The Morgan fingerprint density at radius 1 is 1.32 bits per heavy atom. The van der Waals surface area contributed by atoms with E-state index in [1.165, 1.54) is 10.4 Å². The number of halogens is 2. The maximum absolute atomic E-state index is 5.94. The van der Waals surface area contributed by atoms with Gasteiger partial charge in [0.1, 0.15) is 0 Å². The lowest BCUT2D eigenvalue weighted by atomic mass is 10.0. The largest absolute Gasteiger partial charge is 0.310 e. The Labute approximate surface area is 132 Å². The highest BCUT2D eigenvalue weighted by Crippen LogP contribution is 2.23. The van der Waals surface area contributed by atoms with Gasteiger partial charge in [-0.3, -0.25) is 0 Å². The van der Waals surface area contributed by atoms with Gasteiger partial charge in [-0.2, -0.15) is 0 Å². The van der Waals surface area contributed by atoms with Crippen LogP contribution in [0.25, 0.3) is 0 Å². The van der Waals surface area contributed by atoms with E-state index in [-0.39, 0.29) is 0 Å². The van der Waals surface area contributed by atoms with Crippen LogP contribution < -0.4 is 5.32 Å². The van der Waals surface area contributed by atoms with Crippen LogP contribution in [-0.4, -0.2) is 6.54 Å². The zero-order valence-corrected chi connectivity index (χ0v) is 14.0. The van der Waals surface area contributed by atoms with Gasteiger partial charge < -0.3 is 5.32 Å². The first-order valence-corrected chi connectivity index (χ1v) is 8.41. The van der Waals surface area contributed by atoms with Crippen molar-refractivity contribution in [2.75, 3.05) is 6.54 Å². The quantitative estimate of drug-likeness (QED) is 0.724. The highest BCUT2D eigenvalue weighted by molar-refractivity contribution is 9.10. The van der Waals surface area contributed by atoms with E-state index in [4.69, 9.17) is 11.6 Å². The third kappa shape index (κ3) is 4.60. The fraction of sp³-hybridized carbons (Fsp3) is 0.333. The van der Waals surface area contributed by atoms with E-state index in [0.29, 0.717) is 6.04 Å². The molecule has 1 aromatic heterocycles. The molecule has 0 saturated carbocycles. The van der Waals surface area contributed by atoms with Crippen molar-refractivity contribution < 1.29 is 0 Å². The first-order valence-electron chi connectivity index (χ1n) is 6.42. The number of benzene rings is 1. The molecule has 0 spiro atoms. The average molecular weight is 359 g/mol. The summed E-state index contributed by atoms with van der Waals surface area (Å²) in [7, 11) is 0. The standard InChI is InChI=1S/C15H17BrClNS/c1-2-14(11-4-3-5-12(16)10-11)18-9-8-13-6-7-15(17)19-13/h3-7,10,14,18H,2,8-9H2,1H3. The minimum Gasteiger partial charge on any atom is -0.310 e. The second-order valence-corrected chi connectivity index (χ2v) is 7.14. The van der Waals surface area contributed by atoms with Crippen molar-refractivity contribution in [3.8, 4) is 0 Å². The van der Waals surface area contributed by atoms with Crippen LogP contribution in [0.1, 0.15) is 29.8 Å². The summed E-state index contributed by atoms with van der Waals surface area (Å²) in [6.45, 7) is 3.18.